The molecule has 0 aliphatic carbocycles. The molecule has 6 heteroatoms. The average Bonchev–Trinajstić information content (AvgIpc) is 2.66. The second-order valence-electron chi connectivity index (χ2n) is 6.70. The summed E-state index contributed by atoms with van der Waals surface area (Å²) < 4.78 is 4.95. The van der Waals surface area contributed by atoms with Crippen molar-refractivity contribution in [3.63, 3.8) is 0 Å². The minimum Gasteiger partial charge on any atom is -0.462 e. The normalized spacial score (nSPS) is 10.5. The Labute approximate surface area is 165 Å². The average molecular weight is 382 g/mol. The van der Waals surface area contributed by atoms with E-state index in [1.165, 1.54) is 17.4 Å². The number of nitrogens with one attached hydrogen (secondary N) is 1. The zero-order valence-corrected chi connectivity index (χ0v) is 16.7. The summed E-state index contributed by atoms with van der Waals surface area (Å²) in [6, 6.07) is 14.0. The van der Waals surface area contributed by atoms with Crippen LogP contribution in [0.1, 0.15) is 49.5 Å². The van der Waals surface area contributed by atoms with E-state index in [0.29, 0.717) is 29.5 Å². The Morgan fingerprint density at radius 3 is 2.11 bits per heavy atom. The second-order valence-corrected chi connectivity index (χ2v) is 6.70. The number of carbonyl (C=O) groups is 3. The first-order valence-corrected chi connectivity index (χ1v) is 9.27. The fraction of sp³-hybridized carbons (Fsp3) is 0.318. The molecule has 2 aromatic carbocycles. The van der Waals surface area contributed by atoms with E-state index in [9.17, 15) is 14.4 Å². The summed E-state index contributed by atoms with van der Waals surface area (Å²) in [5.74, 6) is -0.585. The van der Waals surface area contributed by atoms with Gasteiger partial charge in [0, 0.05) is 18.3 Å². The van der Waals surface area contributed by atoms with Gasteiger partial charge < -0.3 is 15.0 Å². The SMILES string of the molecule is CCOC(=O)c1ccc(N(CC(=O)Nc2ccc(C(C)C)cc2)C(C)=O)cc1. The van der Waals surface area contributed by atoms with Crippen molar-refractivity contribution >= 4 is 29.2 Å². The van der Waals surface area contributed by atoms with Gasteiger partial charge in [-0.2, -0.15) is 0 Å². The third kappa shape index (κ3) is 5.67. The molecule has 0 unspecified atom stereocenters. The first kappa shape index (κ1) is 21.2. The predicted molar refractivity (Wildman–Crippen MR) is 110 cm³/mol. The summed E-state index contributed by atoms with van der Waals surface area (Å²) in [6.07, 6.45) is 0. The van der Waals surface area contributed by atoms with Gasteiger partial charge in [-0.25, -0.2) is 4.79 Å². The molecule has 0 aromatic heterocycles. The highest BCUT2D eigenvalue weighted by atomic mass is 16.5. The number of ether oxygens (including phenoxy) is 1. The zero-order chi connectivity index (χ0) is 20.7. The Bertz CT molecular complexity index is 827. The maximum Gasteiger partial charge on any atom is 0.338 e. The third-order valence-electron chi connectivity index (χ3n) is 4.23. The van der Waals surface area contributed by atoms with Crippen molar-refractivity contribution in [3.8, 4) is 0 Å². The van der Waals surface area contributed by atoms with Crippen LogP contribution in [0.4, 0.5) is 11.4 Å². The van der Waals surface area contributed by atoms with Crippen LogP contribution < -0.4 is 10.2 Å². The molecule has 0 aliphatic rings. The molecule has 0 fully saturated rings. The van der Waals surface area contributed by atoms with Crippen LogP contribution in [-0.2, 0) is 14.3 Å². The molecular formula is C22H26N2O4. The highest BCUT2D eigenvalue weighted by molar-refractivity contribution is 6.02. The van der Waals surface area contributed by atoms with Crippen molar-refractivity contribution in [2.75, 3.05) is 23.4 Å². The van der Waals surface area contributed by atoms with Crippen LogP contribution in [0.25, 0.3) is 0 Å². The summed E-state index contributed by atoms with van der Waals surface area (Å²) in [5, 5.41) is 2.80. The summed E-state index contributed by atoms with van der Waals surface area (Å²) >= 11 is 0. The Morgan fingerprint density at radius 1 is 1.00 bits per heavy atom. The molecule has 2 aromatic rings. The number of nitrogens with zero attached hydrogens (tertiary/aromatic N) is 1. The Morgan fingerprint density at radius 2 is 1.61 bits per heavy atom. The number of benzene rings is 2. The number of hydrogen-bond donors (Lipinski definition) is 1. The van der Waals surface area contributed by atoms with Gasteiger partial charge in [0.25, 0.3) is 0 Å². The second kappa shape index (κ2) is 9.69. The van der Waals surface area contributed by atoms with Crippen LogP contribution in [0.5, 0.6) is 0 Å². The molecule has 0 saturated carbocycles. The third-order valence-corrected chi connectivity index (χ3v) is 4.23. The molecule has 0 saturated heterocycles. The molecule has 148 valence electrons. The van der Waals surface area contributed by atoms with Crippen molar-refractivity contribution in [1.82, 2.24) is 0 Å². The van der Waals surface area contributed by atoms with Gasteiger partial charge in [-0.15, -0.1) is 0 Å². The zero-order valence-electron chi connectivity index (χ0n) is 16.7. The predicted octanol–water partition coefficient (Wildman–Crippen LogP) is 3.98. The quantitative estimate of drug-likeness (QED) is 0.735. The summed E-state index contributed by atoms with van der Waals surface area (Å²) in [4.78, 5) is 37.5. The number of carbonyl (C=O) groups excluding carboxylic acids is 3. The molecular weight excluding hydrogens is 356 g/mol. The molecule has 28 heavy (non-hydrogen) atoms. The van der Waals surface area contributed by atoms with Crippen molar-refractivity contribution in [3.05, 3.63) is 59.7 Å². The number of anilines is 2. The number of amides is 2. The lowest BCUT2D eigenvalue weighted by molar-refractivity contribution is -0.120. The molecule has 1 N–H and O–H groups in total. The highest BCUT2D eigenvalue weighted by Gasteiger charge is 2.17. The first-order chi connectivity index (χ1) is 13.3. The molecule has 0 aliphatic heterocycles. The van der Waals surface area contributed by atoms with Gasteiger partial charge in [0.1, 0.15) is 6.54 Å². The molecule has 0 atom stereocenters. The highest BCUT2D eigenvalue weighted by Crippen LogP contribution is 2.19. The van der Waals surface area contributed by atoms with Crippen molar-refractivity contribution in [2.45, 2.75) is 33.6 Å². The summed E-state index contributed by atoms with van der Waals surface area (Å²) in [6.45, 7) is 7.50. The fourth-order valence-electron chi connectivity index (χ4n) is 2.67. The summed E-state index contributed by atoms with van der Waals surface area (Å²) in [5.41, 5.74) is 2.79. The van der Waals surface area contributed by atoms with Crippen LogP contribution in [-0.4, -0.2) is 30.9 Å². The van der Waals surface area contributed by atoms with E-state index in [2.05, 4.69) is 19.2 Å². The Hall–Kier alpha value is -3.15. The largest absolute Gasteiger partial charge is 0.462 e. The number of esters is 1. The van der Waals surface area contributed by atoms with Crippen LogP contribution in [0.15, 0.2) is 48.5 Å². The van der Waals surface area contributed by atoms with E-state index < -0.39 is 5.97 Å². The lowest BCUT2D eigenvalue weighted by Gasteiger charge is -2.21. The number of rotatable bonds is 7. The monoisotopic (exact) mass is 382 g/mol. The maximum atomic E-state index is 12.4. The van der Waals surface area contributed by atoms with E-state index >= 15 is 0 Å². The lowest BCUT2D eigenvalue weighted by Crippen LogP contribution is -2.36. The van der Waals surface area contributed by atoms with Gasteiger partial charge in [0.2, 0.25) is 11.8 Å². The smallest absolute Gasteiger partial charge is 0.338 e. The number of hydrogen-bond acceptors (Lipinski definition) is 4. The van der Waals surface area contributed by atoms with E-state index in [1.54, 1.807) is 31.2 Å². The minimum atomic E-state index is -0.425. The fourth-order valence-corrected chi connectivity index (χ4v) is 2.67. The van der Waals surface area contributed by atoms with Crippen LogP contribution >= 0.6 is 0 Å². The van der Waals surface area contributed by atoms with Crippen LogP contribution in [0, 0.1) is 0 Å². The molecule has 2 amide bonds. The van der Waals surface area contributed by atoms with Crippen LogP contribution in [0.3, 0.4) is 0 Å². The molecule has 6 nitrogen and oxygen atoms in total. The van der Waals surface area contributed by atoms with Crippen molar-refractivity contribution in [1.29, 1.82) is 0 Å². The van der Waals surface area contributed by atoms with E-state index in [-0.39, 0.29) is 18.4 Å². The lowest BCUT2D eigenvalue weighted by atomic mass is 10.0. The minimum absolute atomic E-state index is 0.125. The van der Waals surface area contributed by atoms with Crippen LogP contribution in [0.2, 0.25) is 0 Å². The van der Waals surface area contributed by atoms with E-state index in [0.717, 1.165) is 0 Å². The molecule has 0 bridgehead atoms. The van der Waals surface area contributed by atoms with Gasteiger partial charge in [-0.3, -0.25) is 9.59 Å². The van der Waals surface area contributed by atoms with Gasteiger partial charge in [0.15, 0.2) is 0 Å². The van der Waals surface area contributed by atoms with Gasteiger partial charge >= 0.3 is 5.97 Å². The molecule has 0 radical (unpaired) electrons. The first-order valence-electron chi connectivity index (χ1n) is 9.27. The van der Waals surface area contributed by atoms with Gasteiger partial charge in [-0.05, 0) is 54.8 Å². The molecule has 0 spiro atoms. The van der Waals surface area contributed by atoms with Crippen molar-refractivity contribution < 1.29 is 19.1 Å². The Balaban J connectivity index is 2.06. The van der Waals surface area contributed by atoms with Crippen molar-refractivity contribution in [2.24, 2.45) is 0 Å². The van der Waals surface area contributed by atoms with Gasteiger partial charge in [0.05, 0.1) is 12.2 Å². The standard InChI is InChI=1S/C22H26N2O4/c1-5-28-22(27)18-8-12-20(13-9-18)24(16(4)25)14-21(26)23-19-10-6-17(7-11-19)15(2)3/h6-13,15H,5,14H2,1-4H3,(H,23,26). The molecule has 2 rings (SSSR count). The summed E-state index contributed by atoms with van der Waals surface area (Å²) in [7, 11) is 0. The topological polar surface area (TPSA) is 75.7 Å². The van der Waals surface area contributed by atoms with E-state index in [1.807, 2.05) is 24.3 Å². The molecule has 0 heterocycles. The maximum absolute atomic E-state index is 12.4. The van der Waals surface area contributed by atoms with E-state index in [4.69, 9.17) is 4.74 Å². The Kier molecular flexibility index (Phi) is 7.32. The van der Waals surface area contributed by atoms with Gasteiger partial charge in [-0.1, -0.05) is 26.0 Å².